The van der Waals surface area contributed by atoms with Gasteiger partial charge in [-0.05, 0) is 60.0 Å². The molecule has 2 N–H and O–H groups in total. The summed E-state index contributed by atoms with van der Waals surface area (Å²) in [5, 5.41) is 67.4. The van der Waals surface area contributed by atoms with Gasteiger partial charge in [-0.25, -0.2) is 16.8 Å². The van der Waals surface area contributed by atoms with Crippen molar-refractivity contribution in [3.05, 3.63) is 90.8 Å². The van der Waals surface area contributed by atoms with E-state index in [1.54, 1.807) is 0 Å². The molecule has 327 valence electrons. The number of nitrogens with one attached hydrogen (secondary N) is 2. The van der Waals surface area contributed by atoms with Crippen molar-refractivity contribution in [2.75, 3.05) is 10.6 Å². The van der Waals surface area contributed by atoms with Gasteiger partial charge in [0.05, 0.1) is 52.6 Å². The number of anilines is 2. The molecule has 0 aliphatic heterocycles. The van der Waals surface area contributed by atoms with E-state index in [1.807, 2.05) is 0 Å². The second-order valence-electron chi connectivity index (χ2n) is 12.3. The molecule has 0 atom stereocenters. The molecular formula is C36H21Cl6CrN6O12S2. The summed E-state index contributed by atoms with van der Waals surface area (Å²) < 4.78 is 69.7. The van der Waals surface area contributed by atoms with E-state index < -0.39 is 76.2 Å². The van der Waals surface area contributed by atoms with E-state index in [4.69, 9.17) is 69.6 Å². The van der Waals surface area contributed by atoms with Crippen LogP contribution in [0.25, 0.3) is 21.5 Å². The van der Waals surface area contributed by atoms with Crippen LogP contribution in [0.5, 0.6) is 23.0 Å². The molecule has 1 radical (unpaired) electrons. The molecule has 0 aliphatic carbocycles. The van der Waals surface area contributed by atoms with Crippen LogP contribution in [0, 0.1) is 0 Å². The number of hydrogen-bond acceptors (Lipinski definition) is 16. The molecule has 27 heteroatoms. The Balaban J connectivity index is 0.000000622. The molecule has 18 nitrogen and oxygen atoms in total. The number of nitrogens with zero attached hydrogens (tertiary/aromatic N) is 4. The van der Waals surface area contributed by atoms with Gasteiger partial charge in [-0.2, -0.15) is 10.2 Å². The van der Waals surface area contributed by atoms with Gasteiger partial charge in [0.25, 0.3) is 0 Å². The van der Waals surface area contributed by atoms with Crippen LogP contribution in [0.4, 0.5) is 34.1 Å². The Labute approximate surface area is 400 Å². The van der Waals surface area contributed by atoms with Gasteiger partial charge >= 0.3 is 21.6 Å². The Morgan fingerprint density at radius 2 is 1.00 bits per heavy atom. The minimum Gasteiger partial charge on any atom is -0.872 e. The molecule has 63 heavy (non-hydrogen) atoms. The smallest absolute Gasteiger partial charge is 0.872 e. The molecule has 0 bridgehead atoms. The van der Waals surface area contributed by atoms with Crippen molar-refractivity contribution < 1.29 is 77.6 Å². The van der Waals surface area contributed by atoms with Gasteiger partial charge in [-0.1, -0.05) is 98.7 Å². The molecule has 6 rings (SSSR count). The summed E-state index contributed by atoms with van der Waals surface area (Å²) in [6.07, 6.45) is 0. The summed E-state index contributed by atoms with van der Waals surface area (Å²) in [7, 11) is -9.90. The second-order valence-corrected chi connectivity index (χ2v) is 17.3. The fourth-order valence-electron chi connectivity index (χ4n) is 5.46. The Morgan fingerprint density at radius 1 is 0.556 bits per heavy atom. The van der Waals surface area contributed by atoms with Gasteiger partial charge < -0.3 is 40.2 Å². The van der Waals surface area contributed by atoms with E-state index in [0.717, 1.165) is 60.7 Å². The van der Waals surface area contributed by atoms with Crippen molar-refractivity contribution in [1.82, 2.24) is 0 Å². The Morgan fingerprint density at radius 3 is 1.46 bits per heavy atom. The van der Waals surface area contributed by atoms with Gasteiger partial charge in [0.1, 0.15) is 20.2 Å². The summed E-state index contributed by atoms with van der Waals surface area (Å²) in [5.41, 5.74) is -1.34. The Bertz CT molecular complexity index is 3150. The van der Waals surface area contributed by atoms with Crippen LogP contribution in [-0.4, -0.2) is 37.8 Å². The molecule has 0 aliphatic rings. The van der Waals surface area contributed by atoms with E-state index in [9.17, 15) is 56.0 Å². The number of halogens is 6. The molecule has 6 aromatic carbocycles. The summed E-state index contributed by atoms with van der Waals surface area (Å²) in [6.45, 7) is 2.37. The summed E-state index contributed by atoms with van der Waals surface area (Å²) >= 11 is 35.2. The first-order chi connectivity index (χ1) is 28.8. The van der Waals surface area contributed by atoms with Gasteiger partial charge in [0, 0.05) is 51.4 Å². The molecular weight excluding hydrogens is 1040 g/mol. The topological polar surface area (TPSA) is 314 Å². The number of azo groups is 2. The van der Waals surface area contributed by atoms with Gasteiger partial charge in [0.15, 0.2) is 0 Å². The second kappa shape index (κ2) is 20.0. The average molecular weight is 1060 g/mol. The number of fused-ring (bicyclic) bond motifs is 2. The van der Waals surface area contributed by atoms with Gasteiger partial charge in [-0.3, -0.25) is 9.59 Å². The quantitative estimate of drug-likeness (QED) is 0.0820. The number of rotatable bonds is 8. The summed E-state index contributed by atoms with van der Waals surface area (Å²) in [5.74, 6) is -4.20. The standard InChI is InChI=1S/2C18H12Cl3N3O6S.Cr/c1-7(25)22-12-2-3-14(31(28,29)30)9-4-8(5-13(26)15(9)12)23-24-17-16(21)10(19)6-11(20)18(17)27;1-7(25)22-11-4-5-13(31(28,29)30)8-2-3-12(18(27)14(8)11)23-24-16-15(21)9(19)6-10(20)17(16)26;/h2*2-6,26-27H,1H3,(H,22,25)(H,28,29,30);/q;;+3/p-3. The van der Waals surface area contributed by atoms with Crippen molar-refractivity contribution in [2.24, 2.45) is 20.5 Å². The number of benzene rings is 6. The predicted molar refractivity (Wildman–Crippen MR) is 225 cm³/mol. The molecule has 0 fully saturated rings. The number of carbonyl (C=O) groups is 2. The average Bonchev–Trinajstić information content (AvgIpc) is 3.16. The summed E-state index contributed by atoms with van der Waals surface area (Å²) in [4.78, 5) is 21.5. The van der Waals surface area contributed by atoms with Crippen molar-refractivity contribution in [2.45, 2.75) is 23.6 Å². The van der Waals surface area contributed by atoms with E-state index in [0.29, 0.717) is 0 Å². The van der Waals surface area contributed by atoms with Crippen molar-refractivity contribution in [3.63, 3.8) is 0 Å². The third-order valence-electron chi connectivity index (χ3n) is 7.99. The first-order valence-corrected chi connectivity index (χ1v) is 21.4. The minimum absolute atomic E-state index is 0. The molecule has 0 spiro atoms. The third-order valence-corrected chi connectivity index (χ3v) is 11.9. The zero-order valence-corrected chi connectivity index (χ0v) is 38.4. The van der Waals surface area contributed by atoms with Crippen LogP contribution in [0.2, 0.25) is 30.1 Å². The molecule has 2 amide bonds. The maximum absolute atomic E-state index is 13.0. The maximum Gasteiger partial charge on any atom is 3.00 e. The fraction of sp³-hybridized carbons (Fsp3) is 0.0556. The van der Waals surface area contributed by atoms with Crippen molar-refractivity contribution in [1.29, 1.82) is 0 Å². The maximum atomic E-state index is 13.0. The van der Waals surface area contributed by atoms with Crippen LogP contribution in [0.3, 0.4) is 0 Å². The SMILES string of the molecule is CC(=O)Nc1ccc(S(=O)(=O)[O-])c2cc(N=Nc3c([O-])c(Cl)cc(Cl)c3Cl)cc([O-])c12.CC(=O)Nc1ccc(S(=O)(=O)[O-])c2ccc(N=Nc3c([O-])c(Cl)cc(Cl)c3Cl)c([O-])c12.[Cr+3].[H+].[H+].[H+]. The molecule has 0 unspecified atom stereocenters. The number of amides is 2. The van der Waals surface area contributed by atoms with E-state index in [1.165, 1.54) is 13.8 Å². The number of carbonyl (C=O) groups excluding carboxylic acids is 2. The van der Waals surface area contributed by atoms with Crippen LogP contribution >= 0.6 is 69.6 Å². The Kier molecular flexibility index (Phi) is 16.1. The van der Waals surface area contributed by atoms with Crippen molar-refractivity contribution >= 4 is 157 Å². The van der Waals surface area contributed by atoms with Crippen LogP contribution in [-0.2, 0) is 47.2 Å². The van der Waals surface area contributed by atoms with Crippen molar-refractivity contribution in [3.8, 4) is 23.0 Å². The minimum atomic E-state index is -4.98. The van der Waals surface area contributed by atoms with Gasteiger partial charge in [-0.15, -0.1) is 10.2 Å². The molecule has 0 heterocycles. The molecule has 0 aromatic heterocycles. The predicted octanol–water partition coefficient (Wildman–Crippen LogP) is 8.79. The first kappa shape index (κ1) is 50.9. The molecule has 0 saturated carbocycles. The van der Waals surface area contributed by atoms with Crippen LogP contribution in [0.15, 0.2) is 90.9 Å². The zero-order chi connectivity index (χ0) is 46.2. The van der Waals surface area contributed by atoms with Crippen LogP contribution < -0.4 is 31.1 Å². The van der Waals surface area contributed by atoms with Gasteiger partial charge in [0.2, 0.25) is 11.8 Å². The first-order valence-electron chi connectivity index (χ1n) is 16.4. The Hall–Kier alpha value is -4.73. The van der Waals surface area contributed by atoms with E-state index >= 15 is 0 Å². The molecule has 0 saturated heterocycles. The summed E-state index contributed by atoms with van der Waals surface area (Å²) in [6, 6.07) is 10.8. The fourth-order valence-corrected chi connectivity index (χ4v) is 8.07. The number of hydrogen-bond donors (Lipinski definition) is 2. The zero-order valence-electron chi connectivity index (χ0n) is 34.0. The monoisotopic (exact) mass is 1050 g/mol. The van der Waals surface area contributed by atoms with E-state index in [-0.39, 0.29) is 96.1 Å². The van der Waals surface area contributed by atoms with Crippen LogP contribution in [0.1, 0.15) is 18.1 Å². The largest absolute Gasteiger partial charge is 3.00 e. The van der Waals surface area contributed by atoms with E-state index in [2.05, 4.69) is 31.1 Å². The third kappa shape index (κ3) is 11.3. The molecule has 6 aromatic rings. The normalized spacial score (nSPS) is 11.7.